The van der Waals surface area contributed by atoms with Gasteiger partial charge in [-0.2, -0.15) is 5.26 Å². The molecule has 0 aliphatic carbocycles. The van der Waals surface area contributed by atoms with Gasteiger partial charge in [0.2, 0.25) is 5.91 Å². The highest BCUT2D eigenvalue weighted by Crippen LogP contribution is 2.14. The molecule has 1 rings (SSSR count). The number of hydrogen-bond acceptors (Lipinski definition) is 6. The minimum Gasteiger partial charge on any atom is -0.395 e. The number of benzene rings is 1. The number of amides is 2. The highest BCUT2D eigenvalue weighted by molar-refractivity contribution is 6.06. The number of anilines is 2. The number of nitrogens with zero attached hydrogens (tertiary/aromatic N) is 2. The number of rotatable bonds is 8. The Morgan fingerprint density at radius 3 is 2.04 bits per heavy atom. The third kappa shape index (κ3) is 6.48. The molecule has 1 aromatic rings. The second kappa shape index (κ2) is 9.99. The van der Waals surface area contributed by atoms with Crippen LogP contribution < -0.4 is 10.6 Å². The Balaban J connectivity index is 2.79. The molecule has 0 unspecified atom stereocenters. The lowest BCUT2D eigenvalue weighted by atomic mass is 10.2. The molecule has 4 N–H and O–H groups in total. The van der Waals surface area contributed by atoms with Gasteiger partial charge in [-0.3, -0.25) is 9.59 Å². The van der Waals surface area contributed by atoms with E-state index in [1.54, 1.807) is 30.3 Å². The Bertz CT molecular complexity index is 628. The van der Waals surface area contributed by atoms with Crippen molar-refractivity contribution in [2.45, 2.75) is 6.92 Å². The molecule has 0 saturated carbocycles. The topological polar surface area (TPSA) is 126 Å². The Labute approximate surface area is 140 Å². The lowest BCUT2D eigenvalue weighted by molar-refractivity contribution is -0.114. The zero-order valence-electron chi connectivity index (χ0n) is 13.3. The molecule has 0 heterocycles. The van der Waals surface area contributed by atoms with Crippen LogP contribution >= 0.6 is 0 Å². The van der Waals surface area contributed by atoms with Gasteiger partial charge in [0.05, 0.1) is 13.2 Å². The van der Waals surface area contributed by atoms with Crippen LogP contribution in [-0.2, 0) is 9.59 Å². The van der Waals surface area contributed by atoms with E-state index in [-0.39, 0.29) is 37.8 Å². The maximum Gasteiger partial charge on any atom is 0.267 e. The minimum atomic E-state index is -0.606. The van der Waals surface area contributed by atoms with E-state index in [4.69, 9.17) is 15.5 Å². The van der Waals surface area contributed by atoms with Crippen molar-refractivity contribution in [1.82, 2.24) is 4.90 Å². The number of nitrogens with one attached hydrogen (secondary N) is 2. The summed E-state index contributed by atoms with van der Waals surface area (Å²) in [7, 11) is 0. The first kappa shape index (κ1) is 19.2. The molecule has 8 heteroatoms. The SMILES string of the molecule is CC(=O)Nc1ccc(NC(=O)/C(C#N)=C\N(CCO)CCO)cc1. The number of carbonyl (C=O) groups excluding carboxylic acids is 2. The monoisotopic (exact) mass is 332 g/mol. The van der Waals surface area contributed by atoms with Crippen molar-refractivity contribution in [3.63, 3.8) is 0 Å². The van der Waals surface area contributed by atoms with Gasteiger partial charge in [0, 0.05) is 37.6 Å². The van der Waals surface area contributed by atoms with Crippen LogP contribution in [0.25, 0.3) is 0 Å². The summed E-state index contributed by atoms with van der Waals surface area (Å²) in [5, 5.41) is 32.2. The summed E-state index contributed by atoms with van der Waals surface area (Å²) in [5.74, 6) is -0.806. The van der Waals surface area contributed by atoms with E-state index in [0.29, 0.717) is 11.4 Å². The normalized spacial score (nSPS) is 10.7. The van der Waals surface area contributed by atoms with Crippen molar-refractivity contribution in [3.05, 3.63) is 36.0 Å². The zero-order chi connectivity index (χ0) is 17.9. The fraction of sp³-hybridized carbons (Fsp3) is 0.312. The van der Waals surface area contributed by atoms with Crippen molar-refractivity contribution < 1.29 is 19.8 Å². The van der Waals surface area contributed by atoms with E-state index in [2.05, 4.69) is 10.6 Å². The number of aliphatic hydroxyl groups excluding tert-OH is 2. The van der Waals surface area contributed by atoms with E-state index in [1.807, 2.05) is 0 Å². The molecule has 0 bridgehead atoms. The van der Waals surface area contributed by atoms with E-state index < -0.39 is 5.91 Å². The quantitative estimate of drug-likeness (QED) is 0.400. The Morgan fingerprint density at radius 2 is 1.62 bits per heavy atom. The molecule has 1 aromatic carbocycles. The maximum absolute atomic E-state index is 12.1. The minimum absolute atomic E-state index is 0.150. The molecule has 0 spiro atoms. The number of carbonyl (C=O) groups is 2. The lowest BCUT2D eigenvalue weighted by Crippen LogP contribution is -2.26. The molecule has 0 saturated heterocycles. The zero-order valence-corrected chi connectivity index (χ0v) is 13.3. The summed E-state index contributed by atoms with van der Waals surface area (Å²) in [5.41, 5.74) is 0.905. The molecular formula is C16H20N4O4. The number of aliphatic hydroxyl groups is 2. The summed E-state index contributed by atoms with van der Waals surface area (Å²) in [6.45, 7) is 1.46. The van der Waals surface area contributed by atoms with Crippen LogP contribution in [0.15, 0.2) is 36.0 Å². The number of nitriles is 1. The highest BCUT2D eigenvalue weighted by Gasteiger charge is 2.11. The molecule has 128 valence electrons. The molecule has 0 aliphatic heterocycles. The summed E-state index contributed by atoms with van der Waals surface area (Å²) < 4.78 is 0. The smallest absolute Gasteiger partial charge is 0.267 e. The van der Waals surface area contributed by atoms with E-state index in [0.717, 1.165) is 0 Å². The molecular weight excluding hydrogens is 312 g/mol. The van der Waals surface area contributed by atoms with Crippen molar-refractivity contribution in [1.29, 1.82) is 5.26 Å². The molecule has 8 nitrogen and oxygen atoms in total. The van der Waals surface area contributed by atoms with Crippen LogP contribution in [0.2, 0.25) is 0 Å². The van der Waals surface area contributed by atoms with E-state index >= 15 is 0 Å². The standard InChI is InChI=1S/C16H20N4O4/c1-12(23)18-14-2-4-15(5-3-14)19-16(24)13(10-17)11-20(6-8-21)7-9-22/h2-5,11,21-22H,6-9H2,1H3,(H,18,23)(H,19,24)/b13-11-. The second-order valence-electron chi connectivity index (χ2n) is 4.85. The van der Waals surface area contributed by atoms with Crippen LogP contribution in [-0.4, -0.2) is 53.2 Å². The average Bonchev–Trinajstić information content (AvgIpc) is 2.54. The summed E-state index contributed by atoms with van der Waals surface area (Å²) in [4.78, 5) is 24.6. The van der Waals surface area contributed by atoms with Crippen LogP contribution in [0, 0.1) is 11.3 Å². The van der Waals surface area contributed by atoms with E-state index in [1.165, 1.54) is 18.0 Å². The fourth-order valence-corrected chi connectivity index (χ4v) is 1.86. The Hall–Kier alpha value is -2.89. The van der Waals surface area contributed by atoms with Crippen molar-refractivity contribution >= 4 is 23.2 Å². The first-order chi connectivity index (χ1) is 11.5. The predicted molar refractivity (Wildman–Crippen MR) is 88.8 cm³/mol. The van der Waals surface area contributed by atoms with Crippen LogP contribution in [0.5, 0.6) is 0 Å². The summed E-state index contributed by atoms with van der Waals surface area (Å²) in [6, 6.07) is 8.23. The van der Waals surface area contributed by atoms with Gasteiger partial charge in [0.15, 0.2) is 0 Å². The average molecular weight is 332 g/mol. The lowest BCUT2D eigenvalue weighted by Gasteiger charge is -2.18. The summed E-state index contributed by atoms with van der Waals surface area (Å²) in [6.07, 6.45) is 1.30. The van der Waals surface area contributed by atoms with Gasteiger partial charge in [-0.05, 0) is 24.3 Å². The van der Waals surface area contributed by atoms with Crippen molar-refractivity contribution in [3.8, 4) is 6.07 Å². The molecule has 0 aliphatic rings. The van der Waals surface area contributed by atoms with Gasteiger partial charge in [0.1, 0.15) is 11.6 Å². The van der Waals surface area contributed by atoms with Crippen LogP contribution in [0.3, 0.4) is 0 Å². The Kier molecular flexibility index (Phi) is 7.98. The van der Waals surface area contributed by atoms with E-state index in [9.17, 15) is 9.59 Å². The van der Waals surface area contributed by atoms with Gasteiger partial charge < -0.3 is 25.7 Å². The van der Waals surface area contributed by atoms with Crippen LogP contribution in [0.4, 0.5) is 11.4 Å². The largest absolute Gasteiger partial charge is 0.395 e. The maximum atomic E-state index is 12.1. The van der Waals surface area contributed by atoms with Gasteiger partial charge in [-0.15, -0.1) is 0 Å². The van der Waals surface area contributed by atoms with Crippen molar-refractivity contribution in [2.75, 3.05) is 36.9 Å². The molecule has 0 fully saturated rings. The predicted octanol–water partition coefficient (Wildman–Crippen LogP) is 0.278. The third-order valence-electron chi connectivity index (χ3n) is 2.91. The van der Waals surface area contributed by atoms with Gasteiger partial charge in [0.25, 0.3) is 5.91 Å². The molecule has 0 atom stereocenters. The first-order valence-electron chi connectivity index (χ1n) is 7.27. The van der Waals surface area contributed by atoms with Crippen LogP contribution in [0.1, 0.15) is 6.92 Å². The second-order valence-corrected chi connectivity index (χ2v) is 4.85. The van der Waals surface area contributed by atoms with Gasteiger partial charge in [-0.25, -0.2) is 0 Å². The van der Waals surface area contributed by atoms with Crippen molar-refractivity contribution in [2.24, 2.45) is 0 Å². The molecule has 2 amide bonds. The summed E-state index contributed by atoms with van der Waals surface area (Å²) >= 11 is 0. The molecule has 0 radical (unpaired) electrons. The third-order valence-corrected chi connectivity index (χ3v) is 2.91. The van der Waals surface area contributed by atoms with Gasteiger partial charge in [-0.1, -0.05) is 0 Å². The fourth-order valence-electron chi connectivity index (χ4n) is 1.86. The molecule has 24 heavy (non-hydrogen) atoms. The molecule has 0 aromatic heterocycles. The highest BCUT2D eigenvalue weighted by atomic mass is 16.3. The Morgan fingerprint density at radius 1 is 1.12 bits per heavy atom. The first-order valence-corrected chi connectivity index (χ1v) is 7.27. The number of hydrogen-bond donors (Lipinski definition) is 4. The van der Waals surface area contributed by atoms with Gasteiger partial charge >= 0.3 is 0 Å².